The molecule has 0 atom stereocenters. The summed E-state index contributed by atoms with van der Waals surface area (Å²) in [6.07, 6.45) is -7.65. The number of anilines is 1. The molecule has 0 saturated heterocycles. The quantitative estimate of drug-likeness (QED) is 0.200. The van der Waals surface area contributed by atoms with Gasteiger partial charge in [0.15, 0.2) is 0 Å². The Morgan fingerprint density at radius 1 is 0.756 bits per heavy atom. The highest BCUT2D eigenvalue weighted by molar-refractivity contribution is 6.30. The third kappa shape index (κ3) is 6.00. The van der Waals surface area contributed by atoms with Gasteiger partial charge in [-0.2, -0.15) is 26.3 Å². The van der Waals surface area contributed by atoms with E-state index in [4.69, 9.17) is 11.6 Å². The maximum absolute atomic E-state index is 14.6. The first-order valence-electron chi connectivity index (χ1n) is 12.3. The van der Waals surface area contributed by atoms with E-state index in [1.807, 2.05) is 30.3 Å². The first-order chi connectivity index (χ1) is 19.4. The minimum absolute atomic E-state index is 0.221. The van der Waals surface area contributed by atoms with Crippen LogP contribution in [0.15, 0.2) is 91.1 Å². The van der Waals surface area contributed by atoms with Gasteiger partial charge in [-0.05, 0) is 59.0 Å². The van der Waals surface area contributed by atoms with Crippen molar-refractivity contribution in [3.63, 3.8) is 0 Å². The molecule has 4 aromatic carbocycles. The minimum Gasteiger partial charge on any atom is -0.381 e. The standard InChI is InChI=1S/C31H20ClF7N2/c32-26-13-12-24(30(34,35)36)23(28(26)33)17-40-21-9-4-8-19(15-21)27-20(14-18-6-2-1-3-7-18)16-41-29-22(27)10-5-11-25(29)31(37,38)39/h1-13,15-16,40H,14,17H2. The van der Waals surface area contributed by atoms with Crippen LogP contribution in [-0.4, -0.2) is 4.98 Å². The molecule has 210 valence electrons. The number of benzene rings is 4. The number of hydrogen-bond donors (Lipinski definition) is 1. The second kappa shape index (κ2) is 11.0. The molecule has 0 spiro atoms. The normalized spacial score (nSPS) is 12.1. The van der Waals surface area contributed by atoms with Crippen molar-refractivity contribution < 1.29 is 30.7 Å². The Morgan fingerprint density at radius 3 is 2.17 bits per heavy atom. The van der Waals surface area contributed by atoms with Crippen LogP contribution < -0.4 is 5.32 Å². The second-order valence-electron chi connectivity index (χ2n) is 9.34. The molecule has 1 N–H and O–H groups in total. The zero-order valence-corrected chi connectivity index (χ0v) is 21.8. The van der Waals surface area contributed by atoms with E-state index >= 15 is 0 Å². The topological polar surface area (TPSA) is 24.9 Å². The van der Waals surface area contributed by atoms with Crippen LogP contribution in [0.2, 0.25) is 5.02 Å². The van der Waals surface area contributed by atoms with Crippen molar-refractivity contribution >= 4 is 28.2 Å². The summed E-state index contributed by atoms with van der Waals surface area (Å²) < 4.78 is 96.7. The second-order valence-corrected chi connectivity index (χ2v) is 9.75. The molecule has 0 radical (unpaired) electrons. The number of halogens is 8. The average molecular weight is 589 g/mol. The molecule has 0 unspecified atom stereocenters. The molecule has 5 aromatic rings. The largest absolute Gasteiger partial charge is 0.418 e. The number of rotatable bonds is 6. The van der Waals surface area contributed by atoms with Crippen LogP contribution in [0.5, 0.6) is 0 Å². The van der Waals surface area contributed by atoms with Crippen LogP contribution in [0.1, 0.15) is 27.8 Å². The fraction of sp³-hybridized carbons (Fsp3) is 0.129. The van der Waals surface area contributed by atoms with Crippen molar-refractivity contribution in [1.82, 2.24) is 4.98 Å². The lowest BCUT2D eigenvalue weighted by Crippen LogP contribution is -2.14. The van der Waals surface area contributed by atoms with E-state index in [2.05, 4.69) is 10.3 Å². The number of alkyl halides is 6. The number of aromatic nitrogens is 1. The summed E-state index contributed by atoms with van der Waals surface area (Å²) in [6.45, 7) is -0.531. The van der Waals surface area contributed by atoms with Crippen LogP contribution in [0.25, 0.3) is 22.0 Å². The monoisotopic (exact) mass is 588 g/mol. The molecule has 2 nitrogen and oxygen atoms in total. The van der Waals surface area contributed by atoms with E-state index in [1.54, 1.807) is 30.3 Å². The molecule has 0 amide bonds. The van der Waals surface area contributed by atoms with E-state index in [0.717, 1.165) is 23.8 Å². The Hall–Kier alpha value is -4.11. The predicted octanol–water partition coefficient (Wildman–Crippen LogP) is 9.93. The van der Waals surface area contributed by atoms with Gasteiger partial charge in [-0.15, -0.1) is 0 Å². The summed E-state index contributed by atoms with van der Waals surface area (Å²) in [5.74, 6) is -1.19. The Balaban J connectivity index is 1.60. The highest BCUT2D eigenvalue weighted by Gasteiger charge is 2.35. The molecular formula is C31H20ClF7N2. The third-order valence-electron chi connectivity index (χ3n) is 6.64. The molecule has 1 aromatic heterocycles. The Labute approximate surface area is 235 Å². The maximum atomic E-state index is 14.6. The van der Waals surface area contributed by atoms with E-state index in [0.29, 0.717) is 28.8 Å². The number of fused-ring (bicyclic) bond motifs is 1. The number of hydrogen-bond acceptors (Lipinski definition) is 2. The van der Waals surface area contributed by atoms with Gasteiger partial charge >= 0.3 is 12.4 Å². The molecule has 10 heteroatoms. The van der Waals surface area contributed by atoms with Gasteiger partial charge in [-0.25, -0.2) is 4.39 Å². The summed E-state index contributed by atoms with van der Waals surface area (Å²) >= 11 is 5.75. The Kier molecular flexibility index (Phi) is 7.66. The lowest BCUT2D eigenvalue weighted by atomic mass is 9.91. The van der Waals surface area contributed by atoms with Crippen LogP contribution in [0, 0.1) is 5.82 Å². The zero-order valence-electron chi connectivity index (χ0n) is 21.0. The summed E-state index contributed by atoms with van der Waals surface area (Å²) in [7, 11) is 0. The summed E-state index contributed by atoms with van der Waals surface area (Å²) in [5.41, 5.74) is -0.00896. The van der Waals surface area contributed by atoms with E-state index in [9.17, 15) is 30.7 Å². The minimum atomic E-state index is -4.80. The third-order valence-corrected chi connectivity index (χ3v) is 6.93. The molecule has 0 aliphatic rings. The molecule has 5 rings (SSSR count). The molecule has 0 aliphatic heterocycles. The highest BCUT2D eigenvalue weighted by atomic mass is 35.5. The number of pyridine rings is 1. The number of para-hydroxylation sites is 1. The zero-order chi connectivity index (χ0) is 29.4. The van der Waals surface area contributed by atoms with Gasteiger partial charge in [0.1, 0.15) is 5.82 Å². The summed E-state index contributed by atoms with van der Waals surface area (Å²) in [4.78, 5) is 4.18. The number of nitrogens with one attached hydrogen (secondary N) is 1. The molecule has 0 aliphatic carbocycles. The van der Waals surface area contributed by atoms with Crippen molar-refractivity contribution in [1.29, 1.82) is 0 Å². The molecular weight excluding hydrogens is 569 g/mol. The number of nitrogens with zero attached hydrogens (tertiary/aromatic N) is 1. The first-order valence-corrected chi connectivity index (χ1v) is 12.7. The van der Waals surface area contributed by atoms with E-state index < -0.39 is 46.4 Å². The summed E-state index contributed by atoms with van der Waals surface area (Å²) in [6, 6.07) is 21.2. The smallest absolute Gasteiger partial charge is 0.381 e. The van der Waals surface area contributed by atoms with Crippen LogP contribution in [0.4, 0.5) is 36.4 Å². The fourth-order valence-corrected chi connectivity index (χ4v) is 4.97. The van der Waals surface area contributed by atoms with Gasteiger partial charge in [-0.3, -0.25) is 4.98 Å². The maximum Gasteiger partial charge on any atom is 0.418 e. The molecule has 0 fully saturated rings. The van der Waals surface area contributed by atoms with Crippen molar-refractivity contribution in [2.24, 2.45) is 0 Å². The lowest BCUT2D eigenvalue weighted by molar-refractivity contribution is -0.138. The fourth-order valence-electron chi connectivity index (χ4n) is 4.79. The van der Waals surface area contributed by atoms with Gasteiger partial charge in [-0.1, -0.05) is 66.2 Å². The van der Waals surface area contributed by atoms with Crippen molar-refractivity contribution in [3.8, 4) is 11.1 Å². The molecule has 1 heterocycles. The van der Waals surface area contributed by atoms with Crippen LogP contribution >= 0.6 is 11.6 Å². The van der Waals surface area contributed by atoms with Gasteiger partial charge in [0.25, 0.3) is 0 Å². The van der Waals surface area contributed by atoms with Gasteiger partial charge in [0.05, 0.1) is 21.7 Å². The summed E-state index contributed by atoms with van der Waals surface area (Å²) in [5, 5.41) is 2.63. The van der Waals surface area contributed by atoms with Crippen LogP contribution in [-0.2, 0) is 25.3 Å². The van der Waals surface area contributed by atoms with Crippen molar-refractivity contribution in [2.45, 2.75) is 25.3 Å². The van der Waals surface area contributed by atoms with Crippen molar-refractivity contribution in [2.75, 3.05) is 5.32 Å². The SMILES string of the molecule is Fc1c(Cl)ccc(C(F)(F)F)c1CNc1cccc(-c2c(Cc3ccccc3)cnc3c(C(F)(F)F)cccc23)c1. The lowest BCUT2D eigenvalue weighted by Gasteiger charge is -2.18. The molecule has 0 saturated carbocycles. The van der Waals surface area contributed by atoms with Gasteiger partial charge in [0.2, 0.25) is 0 Å². The molecule has 0 bridgehead atoms. The Morgan fingerprint density at radius 2 is 1.46 bits per heavy atom. The van der Waals surface area contributed by atoms with Crippen LogP contribution in [0.3, 0.4) is 0 Å². The predicted molar refractivity (Wildman–Crippen MR) is 145 cm³/mol. The average Bonchev–Trinajstić information content (AvgIpc) is 2.93. The van der Waals surface area contributed by atoms with E-state index in [1.165, 1.54) is 12.3 Å². The highest BCUT2D eigenvalue weighted by Crippen LogP contribution is 2.40. The molecule has 41 heavy (non-hydrogen) atoms. The first kappa shape index (κ1) is 28.4. The van der Waals surface area contributed by atoms with Gasteiger partial charge in [0, 0.05) is 29.4 Å². The van der Waals surface area contributed by atoms with E-state index in [-0.39, 0.29) is 10.9 Å². The Bertz CT molecular complexity index is 1710. The van der Waals surface area contributed by atoms with Crippen molar-refractivity contribution in [3.05, 3.63) is 130 Å². The van der Waals surface area contributed by atoms with Gasteiger partial charge < -0.3 is 5.32 Å².